The van der Waals surface area contributed by atoms with E-state index in [9.17, 15) is 18.0 Å². The monoisotopic (exact) mass is 252 g/mol. The highest BCUT2D eigenvalue weighted by Gasteiger charge is 2.32. The summed E-state index contributed by atoms with van der Waals surface area (Å²) < 4.78 is 40.0. The van der Waals surface area contributed by atoms with E-state index < -0.39 is 11.6 Å². The van der Waals surface area contributed by atoms with E-state index >= 15 is 0 Å². The molecule has 0 saturated carbocycles. The number of carbonyl (C=O) groups excluding carboxylic acids is 1. The molecule has 6 heteroatoms. The summed E-state index contributed by atoms with van der Waals surface area (Å²) in [4.78, 5) is 11.0. The Bertz CT molecular complexity index is 402. The van der Waals surface area contributed by atoms with Crippen LogP contribution >= 0.6 is 11.6 Å². The standard InChI is InChI=1S/C10H8ClF3O2/c1-2-6-7(9(11)15)4-3-5-8(6)16-10(12,13)14/h3-5H,2H2,1H3. The van der Waals surface area contributed by atoms with Crippen LogP contribution in [-0.4, -0.2) is 11.6 Å². The fourth-order valence-corrected chi connectivity index (χ4v) is 1.51. The van der Waals surface area contributed by atoms with Crippen LogP contribution in [0.25, 0.3) is 0 Å². The minimum Gasteiger partial charge on any atom is -0.405 e. The smallest absolute Gasteiger partial charge is 0.405 e. The van der Waals surface area contributed by atoms with E-state index in [4.69, 9.17) is 11.6 Å². The van der Waals surface area contributed by atoms with Gasteiger partial charge in [0.25, 0.3) is 5.24 Å². The molecule has 88 valence electrons. The zero-order chi connectivity index (χ0) is 12.3. The van der Waals surface area contributed by atoms with Crippen molar-refractivity contribution in [3.05, 3.63) is 29.3 Å². The summed E-state index contributed by atoms with van der Waals surface area (Å²) in [5, 5.41) is -0.801. The van der Waals surface area contributed by atoms with Crippen LogP contribution in [-0.2, 0) is 6.42 Å². The topological polar surface area (TPSA) is 26.3 Å². The third kappa shape index (κ3) is 3.13. The van der Waals surface area contributed by atoms with Gasteiger partial charge in [-0.15, -0.1) is 13.2 Å². The Morgan fingerprint density at radius 2 is 2.06 bits per heavy atom. The number of ether oxygens (including phenoxy) is 1. The Balaban J connectivity index is 3.19. The van der Waals surface area contributed by atoms with Crippen LogP contribution in [0, 0.1) is 0 Å². The SMILES string of the molecule is CCc1c(OC(F)(F)F)cccc1C(=O)Cl. The molecule has 0 aliphatic rings. The van der Waals surface area contributed by atoms with Crippen molar-refractivity contribution in [2.24, 2.45) is 0 Å². The van der Waals surface area contributed by atoms with Gasteiger partial charge in [0.05, 0.1) is 0 Å². The van der Waals surface area contributed by atoms with Crippen molar-refractivity contribution in [3.63, 3.8) is 0 Å². The Morgan fingerprint density at radius 1 is 1.44 bits per heavy atom. The number of hydrogen-bond acceptors (Lipinski definition) is 2. The van der Waals surface area contributed by atoms with E-state index in [2.05, 4.69) is 4.74 Å². The van der Waals surface area contributed by atoms with E-state index in [-0.39, 0.29) is 23.3 Å². The molecule has 0 bridgehead atoms. The number of carbonyl (C=O) groups is 1. The number of halogens is 4. The predicted molar refractivity (Wildman–Crippen MR) is 52.7 cm³/mol. The lowest BCUT2D eigenvalue weighted by atomic mass is 10.1. The van der Waals surface area contributed by atoms with Crippen LogP contribution < -0.4 is 4.74 Å². The molecular formula is C10H8ClF3O2. The van der Waals surface area contributed by atoms with Gasteiger partial charge in [-0.3, -0.25) is 4.79 Å². The highest BCUT2D eigenvalue weighted by Crippen LogP contribution is 2.29. The number of benzene rings is 1. The highest BCUT2D eigenvalue weighted by molar-refractivity contribution is 6.68. The van der Waals surface area contributed by atoms with Crippen LogP contribution in [0.2, 0.25) is 0 Å². The zero-order valence-electron chi connectivity index (χ0n) is 8.27. The van der Waals surface area contributed by atoms with E-state index in [1.54, 1.807) is 6.92 Å². The molecule has 0 spiro atoms. The molecule has 0 N–H and O–H groups in total. The van der Waals surface area contributed by atoms with Gasteiger partial charge in [0.2, 0.25) is 0 Å². The molecule has 0 atom stereocenters. The summed E-state index contributed by atoms with van der Waals surface area (Å²) in [6, 6.07) is 3.79. The van der Waals surface area contributed by atoms with Gasteiger partial charge < -0.3 is 4.74 Å². The van der Waals surface area contributed by atoms with Crippen LogP contribution in [0.3, 0.4) is 0 Å². The highest BCUT2D eigenvalue weighted by atomic mass is 35.5. The second kappa shape index (κ2) is 4.74. The Labute approximate surface area is 95.0 Å². The van der Waals surface area contributed by atoms with E-state index in [1.165, 1.54) is 12.1 Å². The fourth-order valence-electron chi connectivity index (χ4n) is 1.33. The van der Waals surface area contributed by atoms with Gasteiger partial charge >= 0.3 is 6.36 Å². The van der Waals surface area contributed by atoms with Crippen molar-refractivity contribution < 1.29 is 22.7 Å². The Morgan fingerprint density at radius 3 is 2.50 bits per heavy atom. The van der Waals surface area contributed by atoms with Crippen LogP contribution in [0.5, 0.6) is 5.75 Å². The third-order valence-electron chi connectivity index (χ3n) is 1.92. The summed E-state index contributed by atoms with van der Waals surface area (Å²) in [6.07, 6.45) is -4.56. The first kappa shape index (κ1) is 12.8. The van der Waals surface area contributed by atoms with Crippen LogP contribution in [0.4, 0.5) is 13.2 Å². The minimum atomic E-state index is -4.78. The molecule has 0 aliphatic heterocycles. The maximum atomic E-state index is 12.1. The summed E-state index contributed by atoms with van der Waals surface area (Å²) in [5.41, 5.74) is 0.186. The minimum absolute atomic E-state index is 0.0333. The molecule has 1 aromatic rings. The molecule has 0 aliphatic carbocycles. The molecule has 0 radical (unpaired) electrons. The number of alkyl halides is 3. The van der Waals surface area contributed by atoms with Crippen molar-refractivity contribution in [3.8, 4) is 5.75 Å². The van der Waals surface area contributed by atoms with Crippen LogP contribution in [0.1, 0.15) is 22.8 Å². The van der Waals surface area contributed by atoms with E-state index in [0.717, 1.165) is 6.07 Å². The summed E-state index contributed by atoms with van der Waals surface area (Å²) >= 11 is 5.25. The first-order valence-corrected chi connectivity index (χ1v) is 4.80. The average Bonchev–Trinajstić information content (AvgIpc) is 2.14. The van der Waals surface area contributed by atoms with Gasteiger partial charge in [-0.2, -0.15) is 0 Å². The molecule has 1 rings (SSSR count). The quantitative estimate of drug-likeness (QED) is 0.770. The summed E-state index contributed by atoms with van der Waals surface area (Å²) in [6.45, 7) is 1.61. The van der Waals surface area contributed by atoms with Gasteiger partial charge in [0.1, 0.15) is 5.75 Å². The molecule has 0 fully saturated rings. The molecule has 0 amide bonds. The molecule has 1 aromatic carbocycles. The van der Waals surface area contributed by atoms with Gasteiger partial charge in [-0.1, -0.05) is 13.0 Å². The molecular weight excluding hydrogens is 245 g/mol. The lowest BCUT2D eigenvalue weighted by Gasteiger charge is -2.13. The second-order valence-corrected chi connectivity index (χ2v) is 3.30. The largest absolute Gasteiger partial charge is 0.573 e. The predicted octanol–water partition coefficient (Wildman–Crippen LogP) is 3.53. The van der Waals surface area contributed by atoms with Crippen molar-refractivity contribution in [1.29, 1.82) is 0 Å². The fraction of sp³-hybridized carbons (Fsp3) is 0.300. The van der Waals surface area contributed by atoms with Crippen molar-refractivity contribution in [2.75, 3.05) is 0 Å². The average molecular weight is 253 g/mol. The first-order chi connectivity index (χ1) is 7.35. The third-order valence-corrected chi connectivity index (χ3v) is 2.13. The van der Waals surface area contributed by atoms with E-state index in [0.29, 0.717) is 0 Å². The zero-order valence-corrected chi connectivity index (χ0v) is 9.02. The summed E-state index contributed by atoms with van der Waals surface area (Å²) in [5.74, 6) is -0.387. The summed E-state index contributed by atoms with van der Waals surface area (Å²) in [7, 11) is 0. The van der Waals surface area contributed by atoms with Crippen LogP contribution in [0.15, 0.2) is 18.2 Å². The maximum Gasteiger partial charge on any atom is 0.573 e. The van der Waals surface area contributed by atoms with Crippen molar-refractivity contribution in [2.45, 2.75) is 19.7 Å². The molecule has 0 aromatic heterocycles. The second-order valence-electron chi connectivity index (χ2n) is 2.96. The maximum absolute atomic E-state index is 12.1. The lowest BCUT2D eigenvalue weighted by Crippen LogP contribution is -2.18. The van der Waals surface area contributed by atoms with Gasteiger partial charge in [0, 0.05) is 11.1 Å². The van der Waals surface area contributed by atoms with Gasteiger partial charge in [-0.25, -0.2) is 0 Å². The van der Waals surface area contributed by atoms with Gasteiger partial charge in [-0.05, 0) is 30.2 Å². The number of rotatable bonds is 3. The Kier molecular flexibility index (Phi) is 3.80. The van der Waals surface area contributed by atoms with Gasteiger partial charge in [0.15, 0.2) is 0 Å². The Hall–Kier alpha value is -1.23. The molecule has 16 heavy (non-hydrogen) atoms. The van der Waals surface area contributed by atoms with Crippen molar-refractivity contribution in [1.82, 2.24) is 0 Å². The normalized spacial score (nSPS) is 11.3. The van der Waals surface area contributed by atoms with Crippen molar-refractivity contribution >= 4 is 16.8 Å². The lowest BCUT2D eigenvalue weighted by molar-refractivity contribution is -0.274. The number of hydrogen-bond donors (Lipinski definition) is 0. The molecule has 0 unspecified atom stereocenters. The molecule has 0 saturated heterocycles. The first-order valence-electron chi connectivity index (χ1n) is 4.42. The molecule has 0 heterocycles. The molecule has 2 nitrogen and oxygen atoms in total. The van der Waals surface area contributed by atoms with E-state index in [1.807, 2.05) is 0 Å².